The predicted octanol–water partition coefficient (Wildman–Crippen LogP) is 4.01. The van der Waals surface area contributed by atoms with E-state index in [1.165, 1.54) is 24.3 Å². The summed E-state index contributed by atoms with van der Waals surface area (Å²) in [6, 6.07) is 18.6. The van der Waals surface area contributed by atoms with Crippen LogP contribution in [-0.2, 0) is 0 Å². The molecule has 2 aromatic carbocycles. The molecule has 0 radical (unpaired) electrons. The van der Waals surface area contributed by atoms with Crippen molar-refractivity contribution in [2.24, 2.45) is 5.73 Å². The molecule has 1 aliphatic heterocycles. The van der Waals surface area contributed by atoms with E-state index in [0.29, 0.717) is 24.2 Å². The summed E-state index contributed by atoms with van der Waals surface area (Å²) in [5.41, 5.74) is 8.90. The van der Waals surface area contributed by atoms with E-state index in [4.69, 9.17) is 10.7 Å². The van der Waals surface area contributed by atoms with Crippen LogP contribution in [0.3, 0.4) is 0 Å². The van der Waals surface area contributed by atoms with Crippen molar-refractivity contribution in [2.45, 2.75) is 18.8 Å². The largest absolute Gasteiger partial charge is 0.366 e. The fourth-order valence-electron chi connectivity index (χ4n) is 3.82. The minimum atomic E-state index is -0.462. The molecule has 5 nitrogen and oxygen atoms in total. The zero-order valence-electron chi connectivity index (χ0n) is 16.4. The highest BCUT2D eigenvalue weighted by atomic mass is 19.1. The number of amides is 2. The molecule has 1 fully saturated rings. The Morgan fingerprint density at radius 3 is 2.37 bits per heavy atom. The Morgan fingerprint density at radius 2 is 1.67 bits per heavy atom. The van der Waals surface area contributed by atoms with Crippen LogP contribution in [0.5, 0.6) is 0 Å². The van der Waals surface area contributed by atoms with Crippen molar-refractivity contribution in [3.63, 3.8) is 0 Å². The molecule has 0 aliphatic carbocycles. The maximum Gasteiger partial charge on any atom is 0.253 e. The first-order valence-electron chi connectivity index (χ1n) is 9.93. The first-order chi connectivity index (χ1) is 14.5. The van der Waals surface area contributed by atoms with Crippen LogP contribution >= 0.6 is 0 Å². The highest BCUT2D eigenvalue weighted by Crippen LogP contribution is 2.28. The number of primary amides is 1. The molecule has 2 heterocycles. The molecule has 30 heavy (non-hydrogen) atoms. The molecule has 4 rings (SSSR count). The minimum absolute atomic E-state index is 0.0853. The first-order valence-corrected chi connectivity index (χ1v) is 9.93. The van der Waals surface area contributed by atoms with Gasteiger partial charge in [-0.15, -0.1) is 0 Å². The number of nitrogens with two attached hydrogens (primary N) is 1. The smallest absolute Gasteiger partial charge is 0.253 e. The van der Waals surface area contributed by atoms with Crippen LogP contribution in [0, 0.1) is 5.82 Å². The number of pyridine rings is 1. The van der Waals surface area contributed by atoms with Crippen molar-refractivity contribution in [1.82, 2.24) is 9.88 Å². The summed E-state index contributed by atoms with van der Waals surface area (Å²) < 4.78 is 13.2. The number of aromatic nitrogens is 1. The van der Waals surface area contributed by atoms with Crippen LogP contribution < -0.4 is 5.73 Å². The lowest BCUT2D eigenvalue weighted by molar-refractivity contribution is 0.0705. The van der Waals surface area contributed by atoms with Crippen molar-refractivity contribution in [3.05, 3.63) is 89.4 Å². The second-order valence-electron chi connectivity index (χ2n) is 7.49. The van der Waals surface area contributed by atoms with Crippen LogP contribution in [0.15, 0.2) is 66.7 Å². The molecule has 0 saturated carbocycles. The van der Waals surface area contributed by atoms with Gasteiger partial charge in [0.15, 0.2) is 0 Å². The summed E-state index contributed by atoms with van der Waals surface area (Å²) in [4.78, 5) is 30.7. The summed E-state index contributed by atoms with van der Waals surface area (Å²) >= 11 is 0. The molecule has 152 valence electrons. The third-order valence-electron chi connectivity index (χ3n) is 5.45. The lowest BCUT2D eigenvalue weighted by Crippen LogP contribution is -2.39. The van der Waals surface area contributed by atoms with Crippen LogP contribution in [0.25, 0.3) is 11.3 Å². The SMILES string of the molecule is NC(=O)c1ccc(-c2cccc(C3CCCN(C(=O)c4ccc(F)cc4)C3)n2)cc1. The standard InChI is InChI=1S/C24H22FN3O2/c25-20-12-10-18(11-13-20)24(30)28-14-2-3-19(15-28)22-5-1-4-21(27-22)16-6-8-17(9-7-16)23(26)29/h1,4-13,19H,2-3,14-15H2,(H2,26,29). The molecule has 1 atom stereocenters. The quantitative estimate of drug-likeness (QED) is 0.715. The van der Waals surface area contributed by atoms with E-state index in [1.807, 2.05) is 35.2 Å². The maximum atomic E-state index is 13.2. The monoisotopic (exact) mass is 403 g/mol. The zero-order chi connectivity index (χ0) is 21.1. The lowest BCUT2D eigenvalue weighted by Gasteiger charge is -2.32. The van der Waals surface area contributed by atoms with Crippen LogP contribution in [-0.4, -0.2) is 34.8 Å². The van der Waals surface area contributed by atoms with Gasteiger partial charge in [0.05, 0.1) is 5.69 Å². The Labute approximate surface area is 174 Å². The van der Waals surface area contributed by atoms with E-state index in [2.05, 4.69) is 0 Å². The molecule has 2 amide bonds. The van der Waals surface area contributed by atoms with Gasteiger partial charge in [0.2, 0.25) is 5.91 Å². The number of benzene rings is 2. The van der Waals surface area contributed by atoms with E-state index < -0.39 is 5.91 Å². The van der Waals surface area contributed by atoms with Crippen LogP contribution in [0.2, 0.25) is 0 Å². The number of rotatable bonds is 4. The van der Waals surface area contributed by atoms with E-state index in [-0.39, 0.29) is 17.6 Å². The molecule has 6 heteroatoms. The predicted molar refractivity (Wildman–Crippen MR) is 112 cm³/mol. The summed E-state index contributed by atoms with van der Waals surface area (Å²) in [6.07, 6.45) is 1.83. The summed E-state index contributed by atoms with van der Waals surface area (Å²) in [6.45, 7) is 1.26. The van der Waals surface area contributed by atoms with E-state index >= 15 is 0 Å². The van der Waals surface area contributed by atoms with Gasteiger partial charge in [-0.1, -0.05) is 18.2 Å². The second-order valence-corrected chi connectivity index (χ2v) is 7.49. The van der Waals surface area contributed by atoms with Gasteiger partial charge in [-0.2, -0.15) is 0 Å². The van der Waals surface area contributed by atoms with Gasteiger partial charge >= 0.3 is 0 Å². The number of halogens is 1. The molecule has 1 saturated heterocycles. The zero-order valence-corrected chi connectivity index (χ0v) is 16.4. The average Bonchev–Trinajstić information content (AvgIpc) is 2.79. The number of hydrogen-bond donors (Lipinski definition) is 1. The molecule has 1 aliphatic rings. The fourth-order valence-corrected chi connectivity index (χ4v) is 3.82. The third kappa shape index (κ3) is 4.22. The van der Waals surface area contributed by atoms with Crippen molar-refractivity contribution in [1.29, 1.82) is 0 Å². The second kappa shape index (κ2) is 8.45. The summed E-state index contributed by atoms with van der Waals surface area (Å²) in [7, 11) is 0. The molecular weight excluding hydrogens is 381 g/mol. The van der Waals surface area contributed by atoms with Gasteiger partial charge in [0.1, 0.15) is 5.82 Å². The van der Waals surface area contributed by atoms with Gasteiger partial charge in [-0.05, 0) is 61.4 Å². The molecule has 3 aromatic rings. The Kier molecular flexibility index (Phi) is 5.57. The number of nitrogens with zero attached hydrogens (tertiary/aromatic N) is 2. The van der Waals surface area contributed by atoms with Gasteiger partial charge < -0.3 is 10.6 Å². The number of piperidine rings is 1. The number of carbonyl (C=O) groups excluding carboxylic acids is 2. The molecule has 1 unspecified atom stereocenters. The number of likely N-dealkylation sites (tertiary alicyclic amines) is 1. The normalized spacial score (nSPS) is 16.3. The van der Waals surface area contributed by atoms with E-state index in [0.717, 1.165) is 29.8 Å². The highest BCUT2D eigenvalue weighted by molar-refractivity contribution is 5.94. The van der Waals surface area contributed by atoms with Crippen LogP contribution in [0.4, 0.5) is 4.39 Å². The van der Waals surface area contributed by atoms with Gasteiger partial charge in [0.25, 0.3) is 5.91 Å². The Hall–Kier alpha value is -3.54. The van der Waals surface area contributed by atoms with Crippen molar-refractivity contribution >= 4 is 11.8 Å². The molecule has 2 N–H and O–H groups in total. The topological polar surface area (TPSA) is 76.3 Å². The fraction of sp³-hybridized carbons (Fsp3) is 0.208. The van der Waals surface area contributed by atoms with E-state index in [1.54, 1.807) is 12.1 Å². The average molecular weight is 403 g/mol. The number of hydrogen-bond acceptors (Lipinski definition) is 3. The van der Waals surface area contributed by atoms with Crippen molar-refractivity contribution in [2.75, 3.05) is 13.1 Å². The first kappa shape index (κ1) is 19.8. The van der Waals surface area contributed by atoms with Crippen LogP contribution in [0.1, 0.15) is 45.2 Å². The van der Waals surface area contributed by atoms with Crippen molar-refractivity contribution in [3.8, 4) is 11.3 Å². The van der Waals surface area contributed by atoms with Gasteiger partial charge in [0, 0.05) is 41.4 Å². The molecule has 0 bridgehead atoms. The lowest BCUT2D eigenvalue weighted by atomic mass is 9.93. The minimum Gasteiger partial charge on any atom is -0.366 e. The Bertz CT molecular complexity index is 1060. The third-order valence-corrected chi connectivity index (χ3v) is 5.45. The summed E-state index contributed by atoms with van der Waals surface area (Å²) in [5, 5.41) is 0. The van der Waals surface area contributed by atoms with E-state index in [9.17, 15) is 14.0 Å². The number of carbonyl (C=O) groups is 2. The van der Waals surface area contributed by atoms with Gasteiger partial charge in [-0.3, -0.25) is 14.6 Å². The van der Waals surface area contributed by atoms with Crippen molar-refractivity contribution < 1.29 is 14.0 Å². The Balaban J connectivity index is 1.52. The molecule has 1 aromatic heterocycles. The molecule has 0 spiro atoms. The maximum absolute atomic E-state index is 13.2. The van der Waals surface area contributed by atoms with Gasteiger partial charge in [-0.25, -0.2) is 4.39 Å². The Morgan fingerprint density at radius 1 is 0.967 bits per heavy atom. The molecular formula is C24H22FN3O2. The highest BCUT2D eigenvalue weighted by Gasteiger charge is 2.26. The summed E-state index contributed by atoms with van der Waals surface area (Å²) in [5.74, 6) is -0.768.